The maximum atomic E-state index is 12.7. The Morgan fingerprint density at radius 1 is 1.21 bits per heavy atom. The zero-order chi connectivity index (χ0) is 17.1. The summed E-state index contributed by atoms with van der Waals surface area (Å²) >= 11 is 11.3. The number of aromatic amines is 1. The van der Waals surface area contributed by atoms with Gasteiger partial charge in [0, 0.05) is 16.9 Å². The Labute approximate surface area is 150 Å². The van der Waals surface area contributed by atoms with Crippen molar-refractivity contribution in [3.63, 3.8) is 0 Å². The van der Waals surface area contributed by atoms with E-state index in [1.807, 2.05) is 55.5 Å². The molecule has 3 rings (SSSR count). The van der Waals surface area contributed by atoms with Crippen molar-refractivity contribution in [3.8, 4) is 5.69 Å². The monoisotopic (exact) mass is 357 g/mol. The summed E-state index contributed by atoms with van der Waals surface area (Å²) in [6, 6.07) is 16.8. The highest BCUT2D eigenvalue weighted by atomic mass is 35.5. The van der Waals surface area contributed by atoms with Gasteiger partial charge < -0.3 is 10.3 Å². The van der Waals surface area contributed by atoms with Crippen LogP contribution in [0.25, 0.3) is 5.69 Å². The minimum atomic E-state index is -0.210. The van der Waals surface area contributed by atoms with Crippen molar-refractivity contribution in [2.45, 2.75) is 13.0 Å². The molecule has 0 aliphatic carbocycles. The van der Waals surface area contributed by atoms with E-state index in [2.05, 4.69) is 10.3 Å². The quantitative estimate of drug-likeness (QED) is 0.666. The summed E-state index contributed by atoms with van der Waals surface area (Å²) < 4.78 is 2.19. The van der Waals surface area contributed by atoms with Gasteiger partial charge in [-0.1, -0.05) is 41.9 Å². The minimum absolute atomic E-state index is 0.177. The van der Waals surface area contributed by atoms with Crippen molar-refractivity contribution in [1.29, 1.82) is 0 Å². The number of imidazole rings is 1. The Morgan fingerprint density at radius 2 is 1.96 bits per heavy atom. The molecule has 0 aliphatic rings. The van der Waals surface area contributed by atoms with Gasteiger partial charge in [0.2, 0.25) is 0 Å². The van der Waals surface area contributed by atoms with Crippen molar-refractivity contribution in [3.05, 3.63) is 81.8 Å². The number of halogens is 1. The van der Waals surface area contributed by atoms with Crippen LogP contribution < -0.4 is 5.32 Å². The van der Waals surface area contributed by atoms with Crippen molar-refractivity contribution in [2.75, 3.05) is 0 Å². The number of hydrogen-bond donors (Lipinski definition) is 2. The molecule has 0 saturated carbocycles. The van der Waals surface area contributed by atoms with Crippen molar-refractivity contribution in [1.82, 2.24) is 14.9 Å². The summed E-state index contributed by atoms with van der Waals surface area (Å²) in [7, 11) is 0. The van der Waals surface area contributed by atoms with Gasteiger partial charge in [-0.3, -0.25) is 9.36 Å². The molecule has 0 radical (unpaired) electrons. The van der Waals surface area contributed by atoms with Crippen molar-refractivity contribution in [2.24, 2.45) is 0 Å². The van der Waals surface area contributed by atoms with Gasteiger partial charge in [-0.05, 0) is 49.0 Å². The molecule has 0 spiro atoms. The number of amides is 1. The normalized spacial score (nSPS) is 11.9. The predicted octanol–water partition coefficient (Wildman–Crippen LogP) is 4.68. The topological polar surface area (TPSA) is 49.8 Å². The van der Waals surface area contributed by atoms with Crippen LogP contribution in [0.15, 0.2) is 60.8 Å². The number of nitrogens with zero attached hydrogens (tertiary/aromatic N) is 1. The molecule has 0 bridgehead atoms. The summed E-state index contributed by atoms with van der Waals surface area (Å²) in [5.74, 6) is -0.210. The van der Waals surface area contributed by atoms with Crippen LogP contribution in [0.5, 0.6) is 0 Å². The molecule has 4 nitrogen and oxygen atoms in total. The SMILES string of the molecule is CC(NC(=O)c1c[nH]c(=S)n1-c1ccccc1)c1cccc(Cl)c1. The van der Waals surface area contributed by atoms with Gasteiger partial charge in [-0.2, -0.15) is 0 Å². The summed E-state index contributed by atoms with van der Waals surface area (Å²) in [6.45, 7) is 1.91. The van der Waals surface area contributed by atoms with Crippen LogP contribution in [0, 0.1) is 4.77 Å². The fraction of sp³-hybridized carbons (Fsp3) is 0.111. The Hall–Kier alpha value is -2.37. The number of hydrogen-bond acceptors (Lipinski definition) is 2. The zero-order valence-corrected chi connectivity index (χ0v) is 14.6. The largest absolute Gasteiger partial charge is 0.344 e. The molecular formula is C18H16ClN3OS. The number of rotatable bonds is 4. The first-order chi connectivity index (χ1) is 11.6. The van der Waals surface area contributed by atoms with E-state index in [1.165, 1.54) is 0 Å². The first-order valence-corrected chi connectivity index (χ1v) is 8.27. The highest BCUT2D eigenvalue weighted by Gasteiger charge is 2.17. The summed E-state index contributed by atoms with van der Waals surface area (Å²) in [5.41, 5.74) is 2.24. The van der Waals surface area contributed by atoms with Gasteiger partial charge in [-0.25, -0.2) is 0 Å². The summed E-state index contributed by atoms with van der Waals surface area (Å²) in [4.78, 5) is 15.6. The predicted molar refractivity (Wildman–Crippen MR) is 98.3 cm³/mol. The zero-order valence-electron chi connectivity index (χ0n) is 13.0. The number of nitrogens with one attached hydrogen (secondary N) is 2. The van der Waals surface area contributed by atoms with Crippen LogP contribution in [-0.2, 0) is 0 Å². The smallest absolute Gasteiger partial charge is 0.270 e. The van der Waals surface area contributed by atoms with Crippen LogP contribution in [0.2, 0.25) is 5.02 Å². The molecule has 1 heterocycles. The molecule has 122 valence electrons. The Balaban J connectivity index is 1.88. The number of carbonyl (C=O) groups is 1. The molecule has 0 fully saturated rings. The van der Waals surface area contributed by atoms with E-state index in [9.17, 15) is 4.79 Å². The molecule has 0 aliphatic heterocycles. The van der Waals surface area contributed by atoms with E-state index in [0.29, 0.717) is 15.5 Å². The highest BCUT2D eigenvalue weighted by molar-refractivity contribution is 7.71. The second-order valence-electron chi connectivity index (χ2n) is 5.40. The van der Waals surface area contributed by atoms with Gasteiger partial charge in [0.25, 0.3) is 5.91 Å². The Bertz CT molecular complexity index is 917. The van der Waals surface area contributed by atoms with E-state index < -0.39 is 0 Å². The van der Waals surface area contributed by atoms with Crippen LogP contribution in [0.1, 0.15) is 29.0 Å². The Morgan fingerprint density at radius 3 is 2.67 bits per heavy atom. The van der Waals surface area contributed by atoms with Gasteiger partial charge in [0.15, 0.2) is 4.77 Å². The van der Waals surface area contributed by atoms with Crippen LogP contribution in [-0.4, -0.2) is 15.5 Å². The average Bonchev–Trinajstić information content (AvgIpc) is 2.97. The van der Waals surface area contributed by atoms with E-state index in [4.69, 9.17) is 23.8 Å². The maximum absolute atomic E-state index is 12.7. The molecule has 0 saturated heterocycles. The lowest BCUT2D eigenvalue weighted by Gasteiger charge is -2.15. The van der Waals surface area contributed by atoms with Crippen LogP contribution in [0.4, 0.5) is 0 Å². The fourth-order valence-corrected chi connectivity index (χ4v) is 2.96. The number of carbonyl (C=O) groups excluding carboxylic acids is 1. The summed E-state index contributed by atoms with van der Waals surface area (Å²) in [5, 5.41) is 3.62. The van der Waals surface area contributed by atoms with Gasteiger partial charge in [-0.15, -0.1) is 0 Å². The molecule has 1 unspecified atom stereocenters. The third-order valence-electron chi connectivity index (χ3n) is 3.72. The first-order valence-electron chi connectivity index (χ1n) is 7.48. The number of benzene rings is 2. The number of H-pyrrole nitrogens is 1. The van der Waals surface area contributed by atoms with E-state index in [-0.39, 0.29) is 11.9 Å². The second kappa shape index (κ2) is 7.03. The van der Waals surface area contributed by atoms with E-state index >= 15 is 0 Å². The number of para-hydroxylation sites is 1. The lowest BCUT2D eigenvalue weighted by Crippen LogP contribution is -2.28. The maximum Gasteiger partial charge on any atom is 0.270 e. The molecular weight excluding hydrogens is 342 g/mol. The number of aromatic nitrogens is 2. The summed E-state index contributed by atoms with van der Waals surface area (Å²) in [6.07, 6.45) is 1.62. The van der Waals surface area contributed by atoms with E-state index in [1.54, 1.807) is 16.8 Å². The van der Waals surface area contributed by atoms with Crippen LogP contribution in [0.3, 0.4) is 0 Å². The molecule has 2 aromatic carbocycles. The third kappa shape index (κ3) is 3.42. The molecule has 3 aromatic rings. The lowest BCUT2D eigenvalue weighted by atomic mass is 10.1. The van der Waals surface area contributed by atoms with Gasteiger partial charge in [0.1, 0.15) is 5.69 Å². The second-order valence-corrected chi connectivity index (χ2v) is 6.22. The molecule has 1 amide bonds. The third-order valence-corrected chi connectivity index (χ3v) is 4.26. The molecule has 6 heteroatoms. The van der Waals surface area contributed by atoms with Crippen LogP contribution >= 0.6 is 23.8 Å². The van der Waals surface area contributed by atoms with Crippen molar-refractivity contribution >= 4 is 29.7 Å². The highest BCUT2D eigenvalue weighted by Crippen LogP contribution is 2.19. The first kappa shape index (κ1) is 16.5. The fourth-order valence-electron chi connectivity index (χ4n) is 2.50. The Kier molecular flexibility index (Phi) is 4.83. The standard InChI is InChI=1S/C18H16ClN3OS/c1-12(13-6-5-7-14(19)10-13)21-17(23)16-11-20-18(24)22(16)15-8-3-2-4-9-15/h2-12H,1H3,(H,20,24)(H,21,23). The minimum Gasteiger partial charge on any atom is -0.344 e. The van der Waals surface area contributed by atoms with Gasteiger partial charge in [0.05, 0.1) is 6.04 Å². The molecule has 2 N–H and O–H groups in total. The molecule has 24 heavy (non-hydrogen) atoms. The van der Waals surface area contributed by atoms with E-state index in [0.717, 1.165) is 11.3 Å². The molecule has 1 atom stereocenters. The van der Waals surface area contributed by atoms with Crippen molar-refractivity contribution < 1.29 is 4.79 Å². The molecule has 1 aromatic heterocycles. The van der Waals surface area contributed by atoms with Gasteiger partial charge >= 0.3 is 0 Å². The average molecular weight is 358 g/mol. The lowest BCUT2D eigenvalue weighted by molar-refractivity contribution is 0.0933.